The third-order valence-electron chi connectivity index (χ3n) is 2.40. The molecule has 1 fully saturated rings. The molecule has 2 rings (SSSR count). The summed E-state index contributed by atoms with van der Waals surface area (Å²) in [5, 5.41) is 3.32. The second-order valence-corrected chi connectivity index (χ2v) is 4.64. The first-order chi connectivity index (χ1) is 7.65. The van der Waals surface area contributed by atoms with Crippen LogP contribution in [0, 0.1) is 0 Å². The van der Waals surface area contributed by atoms with Crippen LogP contribution in [-0.4, -0.2) is 12.7 Å². The largest absolute Gasteiger partial charge is 0.435 e. The summed E-state index contributed by atoms with van der Waals surface area (Å²) in [5.41, 5.74) is 0.935. The molecule has 0 aliphatic heterocycles. The van der Waals surface area contributed by atoms with Crippen LogP contribution >= 0.6 is 15.9 Å². The molecule has 88 valence electrons. The number of rotatable bonds is 5. The van der Waals surface area contributed by atoms with Crippen molar-refractivity contribution in [3.63, 3.8) is 0 Å². The molecule has 1 N–H and O–H groups in total. The van der Waals surface area contributed by atoms with Gasteiger partial charge in [-0.1, -0.05) is 15.9 Å². The molecular weight excluding hydrogens is 280 g/mol. The van der Waals surface area contributed by atoms with Crippen molar-refractivity contribution in [2.45, 2.75) is 32.0 Å². The van der Waals surface area contributed by atoms with E-state index in [-0.39, 0.29) is 5.75 Å². The molecule has 1 aliphatic rings. The number of nitrogens with one attached hydrogen (secondary N) is 1. The smallest absolute Gasteiger partial charge is 0.387 e. The molecule has 16 heavy (non-hydrogen) atoms. The van der Waals surface area contributed by atoms with Crippen LogP contribution in [0.4, 0.5) is 8.78 Å². The monoisotopic (exact) mass is 291 g/mol. The maximum absolute atomic E-state index is 12.0. The number of alkyl halides is 2. The topological polar surface area (TPSA) is 21.3 Å². The van der Waals surface area contributed by atoms with Gasteiger partial charge in [0.1, 0.15) is 5.75 Å². The highest BCUT2D eigenvalue weighted by Gasteiger charge is 2.20. The summed E-state index contributed by atoms with van der Waals surface area (Å²) in [4.78, 5) is 0. The first kappa shape index (κ1) is 11.8. The fraction of sp³-hybridized carbons (Fsp3) is 0.455. The van der Waals surface area contributed by atoms with E-state index in [9.17, 15) is 8.78 Å². The Hall–Kier alpha value is -0.680. The number of halogens is 3. The minimum atomic E-state index is -2.77. The van der Waals surface area contributed by atoms with E-state index in [1.807, 2.05) is 0 Å². The highest BCUT2D eigenvalue weighted by molar-refractivity contribution is 9.10. The Kier molecular flexibility index (Phi) is 3.76. The van der Waals surface area contributed by atoms with E-state index in [2.05, 4.69) is 26.0 Å². The fourth-order valence-corrected chi connectivity index (χ4v) is 1.79. The van der Waals surface area contributed by atoms with Gasteiger partial charge in [0.05, 0.1) is 0 Å². The van der Waals surface area contributed by atoms with Crippen LogP contribution in [0.5, 0.6) is 5.75 Å². The SMILES string of the molecule is FC(F)Oc1ccc(Br)c(CNC2CC2)c1. The van der Waals surface area contributed by atoms with E-state index < -0.39 is 6.61 Å². The van der Waals surface area contributed by atoms with Crippen LogP contribution in [0.3, 0.4) is 0 Å². The molecule has 0 unspecified atom stereocenters. The minimum absolute atomic E-state index is 0.200. The molecule has 1 aromatic rings. The normalized spacial score (nSPS) is 15.5. The summed E-state index contributed by atoms with van der Waals surface area (Å²) >= 11 is 3.38. The van der Waals surface area contributed by atoms with Crippen LogP contribution in [0.15, 0.2) is 22.7 Å². The molecule has 2 nitrogen and oxygen atoms in total. The molecule has 0 radical (unpaired) electrons. The lowest BCUT2D eigenvalue weighted by molar-refractivity contribution is -0.0498. The lowest BCUT2D eigenvalue weighted by Gasteiger charge is -2.09. The van der Waals surface area contributed by atoms with E-state index >= 15 is 0 Å². The Morgan fingerprint density at radius 1 is 1.44 bits per heavy atom. The Labute approximate surface area is 101 Å². The maximum atomic E-state index is 12.0. The Morgan fingerprint density at radius 3 is 2.81 bits per heavy atom. The number of ether oxygens (including phenoxy) is 1. The average molecular weight is 292 g/mol. The number of benzene rings is 1. The van der Waals surface area contributed by atoms with Gasteiger partial charge in [-0.3, -0.25) is 0 Å². The van der Waals surface area contributed by atoms with Gasteiger partial charge in [0.25, 0.3) is 0 Å². The van der Waals surface area contributed by atoms with Crippen molar-refractivity contribution in [1.82, 2.24) is 5.32 Å². The zero-order valence-electron chi connectivity index (χ0n) is 8.55. The second kappa shape index (κ2) is 5.10. The molecule has 0 heterocycles. The zero-order valence-corrected chi connectivity index (χ0v) is 10.1. The van der Waals surface area contributed by atoms with Crippen LogP contribution < -0.4 is 10.1 Å². The first-order valence-electron chi connectivity index (χ1n) is 5.12. The van der Waals surface area contributed by atoms with Crippen LogP contribution in [-0.2, 0) is 6.54 Å². The zero-order chi connectivity index (χ0) is 11.5. The van der Waals surface area contributed by atoms with E-state index in [0.29, 0.717) is 12.6 Å². The molecule has 0 aromatic heterocycles. The number of hydrogen-bond donors (Lipinski definition) is 1. The van der Waals surface area contributed by atoms with Gasteiger partial charge in [0.15, 0.2) is 0 Å². The van der Waals surface area contributed by atoms with Crippen LogP contribution in [0.1, 0.15) is 18.4 Å². The van der Waals surface area contributed by atoms with Crippen molar-refractivity contribution in [3.8, 4) is 5.75 Å². The first-order valence-corrected chi connectivity index (χ1v) is 5.91. The van der Waals surface area contributed by atoms with Gasteiger partial charge in [-0.05, 0) is 36.6 Å². The molecular formula is C11H12BrF2NO. The van der Waals surface area contributed by atoms with Crippen molar-refractivity contribution in [1.29, 1.82) is 0 Å². The lowest BCUT2D eigenvalue weighted by Crippen LogP contribution is -2.15. The quantitative estimate of drug-likeness (QED) is 0.899. The van der Waals surface area contributed by atoms with Crippen LogP contribution in [0.25, 0.3) is 0 Å². The number of hydrogen-bond acceptors (Lipinski definition) is 2. The lowest BCUT2D eigenvalue weighted by atomic mass is 10.2. The summed E-state index contributed by atoms with van der Waals surface area (Å²) in [6.45, 7) is -2.10. The van der Waals surface area contributed by atoms with Gasteiger partial charge < -0.3 is 10.1 Å². The Balaban J connectivity index is 2.02. The van der Waals surface area contributed by atoms with E-state index in [4.69, 9.17) is 0 Å². The molecule has 0 atom stereocenters. The van der Waals surface area contributed by atoms with Gasteiger partial charge >= 0.3 is 6.61 Å². The minimum Gasteiger partial charge on any atom is -0.435 e. The Morgan fingerprint density at radius 2 is 2.19 bits per heavy atom. The highest BCUT2D eigenvalue weighted by Crippen LogP contribution is 2.25. The van der Waals surface area contributed by atoms with Gasteiger partial charge in [-0.2, -0.15) is 8.78 Å². The molecule has 0 amide bonds. The average Bonchev–Trinajstić information content (AvgIpc) is 3.02. The van der Waals surface area contributed by atoms with Crippen molar-refractivity contribution in [2.75, 3.05) is 0 Å². The summed E-state index contributed by atoms with van der Waals surface area (Å²) in [6, 6.07) is 5.47. The summed E-state index contributed by atoms with van der Waals surface area (Å²) < 4.78 is 29.3. The van der Waals surface area contributed by atoms with Crippen LogP contribution in [0.2, 0.25) is 0 Å². The third kappa shape index (κ3) is 3.42. The molecule has 1 aliphatic carbocycles. The van der Waals surface area contributed by atoms with Crippen molar-refractivity contribution in [2.24, 2.45) is 0 Å². The molecule has 5 heteroatoms. The van der Waals surface area contributed by atoms with Gasteiger partial charge in [-0.25, -0.2) is 0 Å². The summed E-state index contributed by atoms with van der Waals surface area (Å²) in [5.74, 6) is 0.200. The third-order valence-corrected chi connectivity index (χ3v) is 3.17. The van der Waals surface area contributed by atoms with E-state index in [0.717, 1.165) is 10.0 Å². The van der Waals surface area contributed by atoms with Gasteiger partial charge in [0, 0.05) is 17.1 Å². The fourth-order valence-electron chi connectivity index (χ4n) is 1.40. The maximum Gasteiger partial charge on any atom is 0.387 e. The van der Waals surface area contributed by atoms with E-state index in [1.165, 1.54) is 18.9 Å². The summed E-state index contributed by atoms with van der Waals surface area (Å²) in [7, 11) is 0. The van der Waals surface area contributed by atoms with Gasteiger partial charge in [0.2, 0.25) is 0 Å². The predicted octanol–water partition coefficient (Wildman–Crippen LogP) is 3.30. The standard InChI is InChI=1S/C11H12BrF2NO/c12-10-4-3-9(16-11(13)14)5-7(10)6-15-8-1-2-8/h3-5,8,11,15H,1-2,6H2. The summed E-state index contributed by atoms with van der Waals surface area (Å²) in [6.07, 6.45) is 2.40. The second-order valence-electron chi connectivity index (χ2n) is 3.79. The van der Waals surface area contributed by atoms with E-state index in [1.54, 1.807) is 12.1 Å². The van der Waals surface area contributed by atoms with Crippen molar-refractivity contribution >= 4 is 15.9 Å². The molecule has 0 bridgehead atoms. The molecule has 0 spiro atoms. The predicted molar refractivity (Wildman–Crippen MR) is 60.6 cm³/mol. The van der Waals surface area contributed by atoms with Crippen molar-refractivity contribution in [3.05, 3.63) is 28.2 Å². The molecule has 0 saturated heterocycles. The molecule has 1 saturated carbocycles. The van der Waals surface area contributed by atoms with Gasteiger partial charge in [-0.15, -0.1) is 0 Å². The highest BCUT2D eigenvalue weighted by atomic mass is 79.9. The molecule has 1 aromatic carbocycles. The van der Waals surface area contributed by atoms with Crippen molar-refractivity contribution < 1.29 is 13.5 Å². The Bertz CT molecular complexity index is 369.